The van der Waals surface area contributed by atoms with E-state index in [2.05, 4.69) is 9.97 Å². The summed E-state index contributed by atoms with van der Waals surface area (Å²) in [5.74, 6) is -0.300. The summed E-state index contributed by atoms with van der Waals surface area (Å²) in [4.78, 5) is 31.8. The van der Waals surface area contributed by atoms with Gasteiger partial charge in [-0.3, -0.25) is 14.2 Å². The van der Waals surface area contributed by atoms with Crippen LogP contribution in [0.4, 0.5) is 0 Å². The Morgan fingerprint density at radius 3 is 3.05 bits per heavy atom. The first-order chi connectivity index (χ1) is 9.72. The maximum atomic E-state index is 12.1. The number of pyridine rings is 1. The Labute approximate surface area is 116 Å². The van der Waals surface area contributed by atoms with Crippen LogP contribution < -0.4 is 5.56 Å². The molecule has 0 atom stereocenters. The molecule has 0 saturated heterocycles. The minimum Gasteiger partial charge on any atom is -0.466 e. The second-order valence-corrected chi connectivity index (χ2v) is 4.44. The van der Waals surface area contributed by atoms with Gasteiger partial charge in [0.15, 0.2) is 5.52 Å². The molecule has 0 aromatic carbocycles. The van der Waals surface area contributed by atoms with Crippen molar-refractivity contribution >= 4 is 17.0 Å². The highest BCUT2D eigenvalue weighted by molar-refractivity contribution is 5.72. The molecule has 0 spiro atoms. The number of rotatable bonds is 6. The van der Waals surface area contributed by atoms with Crippen LogP contribution in [-0.4, -0.2) is 27.1 Å². The van der Waals surface area contributed by atoms with Gasteiger partial charge in [0.05, 0.1) is 24.9 Å². The lowest BCUT2D eigenvalue weighted by atomic mass is 10.3. The highest BCUT2D eigenvalue weighted by atomic mass is 16.5. The normalized spacial score (nSPS) is 10.7. The van der Waals surface area contributed by atoms with Crippen LogP contribution in [0.1, 0.15) is 26.2 Å². The van der Waals surface area contributed by atoms with E-state index in [1.165, 1.54) is 10.9 Å². The molecular formula is C14H17N3O3. The number of aromatic nitrogens is 3. The Morgan fingerprint density at radius 1 is 1.40 bits per heavy atom. The van der Waals surface area contributed by atoms with E-state index in [1.54, 1.807) is 18.3 Å². The van der Waals surface area contributed by atoms with Crippen LogP contribution in [0.15, 0.2) is 29.5 Å². The van der Waals surface area contributed by atoms with Crippen molar-refractivity contribution in [2.45, 2.75) is 32.7 Å². The van der Waals surface area contributed by atoms with Crippen LogP contribution >= 0.6 is 0 Å². The molecule has 0 amide bonds. The average molecular weight is 275 g/mol. The van der Waals surface area contributed by atoms with Crippen molar-refractivity contribution in [1.29, 1.82) is 0 Å². The molecule has 20 heavy (non-hydrogen) atoms. The molecule has 2 rings (SSSR count). The van der Waals surface area contributed by atoms with Gasteiger partial charge in [-0.1, -0.05) is 13.3 Å². The van der Waals surface area contributed by atoms with Crippen molar-refractivity contribution in [2.24, 2.45) is 0 Å². The molecule has 0 aliphatic rings. The van der Waals surface area contributed by atoms with E-state index in [4.69, 9.17) is 4.74 Å². The van der Waals surface area contributed by atoms with Crippen LogP contribution in [-0.2, 0) is 16.1 Å². The zero-order valence-electron chi connectivity index (χ0n) is 11.4. The molecule has 2 aromatic rings. The fourth-order valence-electron chi connectivity index (χ4n) is 1.76. The van der Waals surface area contributed by atoms with Gasteiger partial charge < -0.3 is 4.74 Å². The number of hydrogen-bond acceptors (Lipinski definition) is 5. The van der Waals surface area contributed by atoms with Crippen molar-refractivity contribution in [3.63, 3.8) is 0 Å². The number of nitrogens with zero attached hydrogens (tertiary/aromatic N) is 3. The molecule has 0 unspecified atom stereocenters. The van der Waals surface area contributed by atoms with E-state index >= 15 is 0 Å². The van der Waals surface area contributed by atoms with Crippen molar-refractivity contribution in [3.05, 3.63) is 35.0 Å². The first-order valence-electron chi connectivity index (χ1n) is 6.68. The lowest BCUT2D eigenvalue weighted by Crippen LogP contribution is -2.23. The molecule has 0 radical (unpaired) electrons. The van der Waals surface area contributed by atoms with Crippen LogP contribution in [0.5, 0.6) is 0 Å². The third kappa shape index (κ3) is 3.40. The van der Waals surface area contributed by atoms with Gasteiger partial charge in [0, 0.05) is 12.7 Å². The molecule has 6 nitrogen and oxygen atoms in total. The number of fused-ring (bicyclic) bond motifs is 1. The van der Waals surface area contributed by atoms with Gasteiger partial charge in [-0.15, -0.1) is 0 Å². The van der Waals surface area contributed by atoms with Crippen molar-refractivity contribution in [3.8, 4) is 0 Å². The largest absolute Gasteiger partial charge is 0.466 e. The average Bonchev–Trinajstić information content (AvgIpc) is 2.47. The van der Waals surface area contributed by atoms with Gasteiger partial charge in [0.25, 0.3) is 5.56 Å². The Bertz CT molecular complexity index is 651. The molecule has 0 N–H and O–H groups in total. The van der Waals surface area contributed by atoms with Crippen molar-refractivity contribution in [2.75, 3.05) is 6.61 Å². The maximum absolute atomic E-state index is 12.1. The van der Waals surface area contributed by atoms with Gasteiger partial charge in [0.2, 0.25) is 0 Å². The van der Waals surface area contributed by atoms with E-state index in [0.717, 1.165) is 12.8 Å². The standard InChI is InChI=1S/C14H17N3O3/c1-2-3-9-20-12(18)6-8-17-10-16-11-5-4-7-15-13(11)14(17)19/h4-5,7,10H,2-3,6,8-9H2,1H3. The summed E-state index contributed by atoms with van der Waals surface area (Å²) in [6.45, 7) is 2.71. The Kier molecular flexibility index (Phi) is 4.81. The molecule has 0 fully saturated rings. The van der Waals surface area contributed by atoms with Crippen LogP contribution in [0.2, 0.25) is 0 Å². The van der Waals surface area contributed by atoms with Gasteiger partial charge >= 0.3 is 5.97 Å². The Morgan fingerprint density at radius 2 is 2.25 bits per heavy atom. The first kappa shape index (κ1) is 14.2. The van der Waals surface area contributed by atoms with Gasteiger partial charge in [-0.05, 0) is 18.6 Å². The van der Waals surface area contributed by atoms with E-state index in [0.29, 0.717) is 17.6 Å². The highest BCUT2D eigenvalue weighted by Crippen LogP contribution is 2.01. The summed E-state index contributed by atoms with van der Waals surface area (Å²) in [5.41, 5.74) is 0.630. The number of hydrogen-bond donors (Lipinski definition) is 0. The lowest BCUT2D eigenvalue weighted by Gasteiger charge is -2.06. The number of unbranched alkanes of at least 4 members (excludes halogenated alkanes) is 1. The SMILES string of the molecule is CCCCOC(=O)CCn1cnc2cccnc2c1=O. The molecule has 2 heterocycles. The van der Waals surface area contributed by atoms with Crippen LogP contribution in [0, 0.1) is 0 Å². The second-order valence-electron chi connectivity index (χ2n) is 4.44. The third-order valence-corrected chi connectivity index (χ3v) is 2.90. The number of carbonyl (C=O) groups excluding carboxylic acids is 1. The number of ether oxygens (including phenoxy) is 1. The minimum atomic E-state index is -0.300. The monoisotopic (exact) mass is 275 g/mol. The Balaban J connectivity index is 2.02. The molecule has 106 valence electrons. The molecule has 0 saturated carbocycles. The highest BCUT2D eigenvalue weighted by Gasteiger charge is 2.07. The summed E-state index contributed by atoms with van der Waals surface area (Å²) in [5, 5.41) is 0. The number of aryl methyl sites for hydroxylation is 1. The smallest absolute Gasteiger partial charge is 0.307 e. The maximum Gasteiger partial charge on any atom is 0.307 e. The van der Waals surface area contributed by atoms with Crippen molar-refractivity contribution < 1.29 is 9.53 Å². The summed E-state index contributed by atoms with van der Waals surface area (Å²) in [7, 11) is 0. The predicted molar refractivity (Wildman–Crippen MR) is 74.3 cm³/mol. The molecule has 0 bridgehead atoms. The summed E-state index contributed by atoms with van der Waals surface area (Å²) in [6, 6.07) is 3.46. The second kappa shape index (κ2) is 6.79. The van der Waals surface area contributed by atoms with Gasteiger partial charge in [0.1, 0.15) is 0 Å². The van der Waals surface area contributed by atoms with E-state index < -0.39 is 0 Å². The van der Waals surface area contributed by atoms with Gasteiger partial charge in [-0.2, -0.15) is 0 Å². The molecule has 0 aliphatic carbocycles. The molecular weight excluding hydrogens is 258 g/mol. The fourth-order valence-corrected chi connectivity index (χ4v) is 1.76. The lowest BCUT2D eigenvalue weighted by molar-refractivity contribution is -0.144. The van der Waals surface area contributed by atoms with Crippen LogP contribution in [0.3, 0.4) is 0 Å². The van der Waals surface area contributed by atoms with E-state index in [1.807, 2.05) is 6.92 Å². The summed E-state index contributed by atoms with van der Waals surface area (Å²) in [6.07, 6.45) is 4.98. The van der Waals surface area contributed by atoms with Crippen LogP contribution in [0.25, 0.3) is 11.0 Å². The van der Waals surface area contributed by atoms with Gasteiger partial charge in [-0.25, -0.2) is 9.97 Å². The van der Waals surface area contributed by atoms with Crippen molar-refractivity contribution in [1.82, 2.24) is 14.5 Å². The molecule has 6 heteroatoms. The predicted octanol–water partition coefficient (Wildman–Crippen LogP) is 1.52. The molecule has 2 aromatic heterocycles. The summed E-state index contributed by atoms with van der Waals surface area (Å²) >= 11 is 0. The number of esters is 1. The van der Waals surface area contributed by atoms with E-state index in [-0.39, 0.29) is 24.5 Å². The first-order valence-corrected chi connectivity index (χ1v) is 6.68. The third-order valence-electron chi connectivity index (χ3n) is 2.90. The zero-order chi connectivity index (χ0) is 14.4. The fraction of sp³-hybridized carbons (Fsp3) is 0.429. The number of carbonyl (C=O) groups is 1. The minimum absolute atomic E-state index is 0.156. The quantitative estimate of drug-likeness (QED) is 0.590. The van der Waals surface area contributed by atoms with E-state index in [9.17, 15) is 9.59 Å². The zero-order valence-corrected chi connectivity index (χ0v) is 11.4. The summed E-state index contributed by atoms with van der Waals surface area (Å²) < 4.78 is 6.43. The topological polar surface area (TPSA) is 74.1 Å². The molecule has 0 aliphatic heterocycles. The Hall–Kier alpha value is -2.24.